The molecule has 0 amide bonds. The van der Waals surface area contributed by atoms with Crippen molar-refractivity contribution in [2.45, 2.75) is 12.6 Å². The standard InChI is InChI=1S/C12H11F3N2O4/c1-21-11(18)6-9(16)5-7-4-8(12(13,14)15)2-3-10(7)17(19)20/h2-4,6H,5,16H2,1H3/b9-6-. The van der Waals surface area contributed by atoms with Gasteiger partial charge in [-0.3, -0.25) is 10.1 Å². The third kappa shape index (κ3) is 4.48. The highest BCUT2D eigenvalue weighted by molar-refractivity contribution is 5.82. The Morgan fingerprint density at radius 1 is 1.48 bits per heavy atom. The molecule has 0 aliphatic carbocycles. The number of allylic oxidation sites excluding steroid dienone is 1. The van der Waals surface area contributed by atoms with Crippen molar-refractivity contribution < 1.29 is 27.6 Å². The minimum absolute atomic E-state index is 0.149. The fourth-order valence-electron chi connectivity index (χ4n) is 1.56. The van der Waals surface area contributed by atoms with Gasteiger partial charge in [0.1, 0.15) is 0 Å². The second kappa shape index (κ2) is 6.25. The predicted molar refractivity (Wildman–Crippen MR) is 66.1 cm³/mol. The minimum Gasteiger partial charge on any atom is -0.466 e. The van der Waals surface area contributed by atoms with Crippen molar-refractivity contribution in [1.29, 1.82) is 0 Å². The Balaban J connectivity index is 3.22. The summed E-state index contributed by atoms with van der Waals surface area (Å²) in [6, 6.07) is 2.00. The summed E-state index contributed by atoms with van der Waals surface area (Å²) in [6.45, 7) is 0. The second-order valence-electron chi connectivity index (χ2n) is 4.02. The number of rotatable bonds is 4. The van der Waals surface area contributed by atoms with Crippen LogP contribution in [0.15, 0.2) is 30.0 Å². The number of hydrogen-bond acceptors (Lipinski definition) is 5. The summed E-state index contributed by atoms with van der Waals surface area (Å²) < 4.78 is 42.1. The summed E-state index contributed by atoms with van der Waals surface area (Å²) in [5.74, 6) is -0.804. The van der Waals surface area contributed by atoms with Crippen LogP contribution < -0.4 is 5.73 Å². The van der Waals surface area contributed by atoms with Crippen LogP contribution in [0, 0.1) is 10.1 Å². The van der Waals surface area contributed by atoms with Crippen molar-refractivity contribution in [3.8, 4) is 0 Å². The van der Waals surface area contributed by atoms with Gasteiger partial charge in [-0.15, -0.1) is 0 Å². The van der Waals surface area contributed by atoms with Crippen molar-refractivity contribution >= 4 is 11.7 Å². The van der Waals surface area contributed by atoms with Gasteiger partial charge in [0.25, 0.3) is 5.69 Å². The van der Waals surface area contributed by atoms with Gasteiger partial charge in [0.15, 0.2) is 0 Å². The van der Waals surface area contributed by atoms with Gasteiger partial charge in [0, 0.05) is 29.8 Å². The van der Waals surface area contributed by atoms with E-state index in [9.17, 15) is 28.1 Å². The lowest BCUT2D eigenvalue weighted by Gasteiger charge is -2.09. The molecule has 0 unspecified atom stereocenters. The molecule has 2 N–H and O–H groups in total. The van der Waals surface area contributed by atoms with Gasteiger partial charge >= 0.3 is 12.1 Å². The first-order chi connectivity index (χ1) is 9.65. The van der Waals surface area contributed by atoms with Crippen molar-refractivity contribution in [3.63, 3.8) is 0 Å². The van der Waals surface area contributed by atoms with Crippen LogP contribution in [0.5, 0.6) is 0 Å². The highest BCUT2D eigenvalue weighted by Gasteiger charge is 2.32. The van der Waals surface area contributed by atoms with Gasteiger partial charge in [-0.2, -0.15) is 13.2 Å². The maximum atomic E-state index is 12.6. The van der Waals surface area contributed by atoms with Crippen LogP contribution in [0.4, 0.5) is 18.9 Å². The number of nitrogens with two attached hydrogens (primary N) is 1. The molecular weight excluding hydrogens is 293 g/mol. The van der Waals surface area contributed by atoms with Crippen LogP contribution >= 0.6 is 0 Å². The topological polar surface area (TPSA) is 95.5 Å². The Morgan fingerprint density at radius 2 is 2.10 bits per heavy atom. The Morgan fingerprint density at radius 3 is 2.57 bits per heavy atom. The molecule has 0 atom stereocenters. The third-order valence-corrected chi connectivity index (χ3v) is 2.50. The smallest absolute Gasteiger partial charge is 0.416 e. The van der Waals surface area contributed by atoms with E-state index in [0.717, 1.165) is 19.3 Å². The number of ether oxygens (including phenoxy) is 1. The first-order valence-corrected chi connectivity index (χ1v) is 5.53. The molecule has 0 spiro atoms. The molecule has 6 nitrogen and oxygen atoms in total. The molecule has 0 fully saturated rings. The normalized spacial score (nSPS) is 12.1. The molecule has 9 heteroatoms. The number of carbonyl (C=O) groups excluding carboxylic acids is 1. The van der Waals surface area contributed by atoms with Crippen LogP contribution in [0.25, 0.3) is 0 Å². The van der Waals surface area contributed by atoms with Gasteiger partial charge in [0.05, 0.1) is 17.6 Å². The largest absolute Gasteiger partial charge is 0.466 e. The van der Waals surface area contributed by atoms with Crippen LogP contribution in [-0.4, -0.2) is 18.0 Å². The number of halogens is 3. The molecule has 21 heavy (non-hydrogen) atoms. The second-order valence-corrected chi connectivity index (χ2v) is 4.02. The number of nitro benzene ring substituents is 1. The van der Waals surface area contributed by atoms with Crippen molar-refractivity contribution in [2.75, 3.05) is 7.11 Å². The number of alkyl halides is 3. The number of benzene rings is 1. The average Bonchev–Trinajstić information content (AvgIpc) is 2.36. The predicted octanol–water partition coefficient (Wildman–Crippen LogP) is 2.17. The number of nitrogens with zero attached hydrogens (tertiary/aromatic N) is 1. The van der Waals surface area contributed by atoms with Crippen LogP contribution in [0.3, 0.4) is 0 Å². The van der Waals surface area contributed by atoms with Crippen LogP contribution in [0.2, 0.25) is 0 Å². The third-order valence-electron chi connectivity index (χ3n) is 2.50. The SMILES string of the molecule is COC(=O)/C=C(\N)Cc1cc(C(F)(F)F)ccc1[N+](=O)[O-]. The van der Waals surface area contributed by atoms with Crippen molar-refractivity contribution in [3.05, 3.63) is 51.2 Å². The van der Waals surface area contributed by atoms with Crippen LogP contribution in [0.1, 0.15) is 11.1 Å². The molecule has 1 aromatic rings. The fourth-order valence-corrected chi connectivity index (χ4v) is 1.56. The first-order valence-electron chi connectivity index (χ1n) is 5.53. The molecule has 0 aliphatic rings. The summed E-state index contributed by atoms with van der Waals surface area (Å²) in [5, 5.41) is 10.8. The Labute approximate surface area is 117 Å². The van der Waals surface area contributed by atoms with Gasteiger partial charge in [0.2, 0.25) is 0 Å². The number of esters is 1. The van der Waals surface area contributed by atoms with Gasteiger partial charge in [-0.25, -0.2) is 4.79 Å². The zero-order valence-corrected chi connectivity index (χ0v) is 10.8. The van der Waals surface area contributed by atoms with E-state index >= 15 is 0 Å². The molecule has 0 saturated heterocycles. The molecule has 114 valence electrons. The van der Waals surface area contributed by atoms with Gasteiger partial charge < -0.3 is 10.5 Å². The first kappa shape index (κ1) is 16.5. The van der Waals surface area contributed by atoms with E-state index in [1.54, 1.807) is 0 Å². The molecule has 1 rings (SSSR count). The Hall–Kier alpha value is -2.58. The van der Waals surface area contributed by atoms with Crippen LogP contribution in [-0.2, 0) is 22.1 Å². The number of methoxy groups -OCH3 is 1. The minimum atomic E-state index is -4.63. The van der Waals surface area contributed by atoms with E-state index in [0.29, 0.717) is 12.1 Å². The van der Waals surface area contributed by atoms with E-state index in [-0.39, 0.29) is 17.7 Å². The fraction of sp³-hybridized carbons (Fsp3) is 0.250. The molecule has 0 saturated carbocycles. The van der Waals surface area contributed by atoms with Crippen molar-refractivity contribution in [2.24, 2.45) is 5.73 Å². The monoisotopic (exact) mass is 304 g/mol. The number of nitro groups is 1. The summed E-state index contributed by atoms with van der Waals surface area (Å²) >= 11 is 0. The van der Waals surface area contributed by atoms with E-state index < -0.39 is 28.3 Å². The van der Waals surface area contributed by atoms with E-state index in [1.807, 2.05) is 0 Å². The summed E-state index contributed by atoms with van der Waals surface area (Å²) in [5.41, 5.74) is 3.53. The molecule has 1 aromatic carbocycles. The molecule has 0 heterocycles. The number of carbonyl (C=O) groups is 1. The Kier molecular flexibility index (Phi) is 4.90. The summed E-state index contributed by atoms with van der Waals surface area (Å²) in [7, 11) is 1.10. The Bertz CT molecular complexity index is 597. The lowest BCUT2D eigenvalue weighted by Crippen LogP contribution is -2.10. The zero-order chi connectivity index (χ0) is 16.2. The molecule has 0 aromatic heterocycles. The van der Waals surface area contributed by atoms with E-state index in [2.05, 4.69) is 4.74 Å². The lowest BCUT2D eigenvalue weighted by atomic mass is 10.0. The highest BCUT2D eigenvalue weighted by atomic mass is 19.4. The van der Waals surface area contributed by atoms with Crippen molar-refractivity contribution in [1.82, 2.24) is 0 Å². The highest BCUT2D eigenvalue weighted by Crippen LogP contribution is 2.33. The molecule has 0 radical (unpaired) electrons. The maximum absolute atomic E-state index is 12.6. The maximum Gasteiger partial charge on any atom is 0.416 e. The average molecular weight is 304 g/mol. The summed E-state index contributed by atoms with van der Waals surface area (Å²) in [4.78, 5) is 21.0. The molecule has 0 aliphatic heterocycles. The summed E-state index contributed by atoms with van der Waals surface area (Å²) in [6.07, 6.45) is -4.16. The van der Waals surface area contributed by atoms with Gasteiger partial charge in [-0.05, 0) is 12.1 Å². The van der Waals surface area contributed by atoms with E-state index in [4.69, 9.17) is 5.73 Å². The van der Waals surface area contributed by atoms with Gasteiger partial charge in [-0.1, -0.05) is 0 Å². The molecular formula is C12H11F3N2O4. The lowest BCUT2D eigenvalue weighted by molar-refractivity contribution is -0.385. The zero-order valence-electron chi connectivity index (χ0n) is 10.8. The quantitative estimate of drug-likeness (QED) is 0.398. The number of hydrogen-bond donors (Lipinski definition) is 1. The van der Waals surface area contributed by atoms with E-state index in [1.165, 1.54) is 0 Å². The molecule has 0 bridgehead atoms.